The molecule has 0 aliphatic heterocycles. The Hall–Kier alpha value is -2.54. The molecule has 0 atom stereocenters. The second kappa shape index (κ2) is 8.71. The Morgan fingerprint density at radius 3 is 2.35 bits per heavy atom. The number of aryl methyl sites for hydroxylation is 1. The number of likely N-dealkylation sites (N-methyl/N-ethyl adjacent to an activating group) is 1. The minimum absolute atomic E-state index is 0.0926. The van der Waals surface area contributed by atoms with Crippen LogP contribution in [-0.4, -0.2) is 44.5 Å². The Morgan fingerprint density at radius 1 is 1.12 bits per heavy atom. The molecule has 0 heterocycles. The van der Waals surface area contributed by atoms with Gasteiger partial charge in [-0.1, -0.05) is 17.7 Å². The normalized spacial score (nSPS) is 10.2. The summed E-state index contributed by atoms with van der Waals surface area (Å²) >= 11 is 3.36. The number of anilines is 1. The molecule has 138 valence electrons. The van der Waals surface area contributed by atoms with Crippen molar-refractivity contribution in [3.63, 3.8) is 0 Å². The number of hydrogen-bond donors (Lipinski definition) is 1. The molecule has 2 aromatic rings. The Balaban J connectivity index is 2.12. The quantitative estimate of drug-likeness (QED) is 0.776. The first-order valence-electron chi connectivity index (χ1n) is 7.89. The smallest absolute Gasteiger partial charge is 0.258 e. The number of halogens is 1. The van der Waals surface area contributed by atoms with E-state index in [4.69, 9.17) is 9.47 Å². The number of nitrogens with one attached hydrogen (secondary N) is 1. The summed E-state index contributed by atoms with van der Waals surface area (Å²) in [6.07, 6.45) is 0. The lowest BCUT2D eigenvalue weighted by molar-refractivity contribution is -0.116. The van der Waals surface area contributed by atoms with Crippen LogP contribution < -0.4 is 14.8 Å². The lowest BCUT2D eigenvalue weighted by atomic mass is 10.1. The van der Waals surface area contributed by atoms with E-state index in [0.717, 1.165) is 5.56 Å². The van der Waals surface area contributed by atoms with E-state index in [9.17, 15) is 9.59 Å². The van der Waals surface area contributed by atoms with Crippen LogP contribution in [0.4, 0.5) is 5.69 Å². The van der Waals surface area contributed by atoms with E-state index in [0.29, 0.717) is 27.2 Å². The molecule has 2 amide bonds. The summed E-state index contributed by atoms with van der Waals surface area (Å²) in [6, 6.07) is 10.7. The van der Waals surface area contributed by atoms with Crippen LogP contribution in [0.3, 0.4) is 0 Å². The topological polar surface area (TPSA) is 67.9 Å². The second-order valence-corrected chi connectivity index (χ2v) is 6.62. The molecule has 0 unspecified atom stereocenters. The fourth-order valence-electron chi connectivity index (χ4n) is 2.38. The second-order valence-electron chi connectivity index (χ2n) is 5.77. The van der Waals surface area contributed by atoms with Crippen molar-refractivity contribution in [2.75, 3.05) is 33.1 Å². The number of carbonyl (C=O) groups excluding carboxylic acids is 2. The molecule has 0 aromatic heterocycles. The number of benzene rings is 2. The zero-order valence-electron chi connectivity index (χ0n) is 15.1. The maximum atomic E-state index is 12.8. The third-order valence-electron chi connectivity index (χ3n) is 3.75. The number of rotatable bonds is 6. The predicted octanol–water partition coefficient (Wildman–Crippen LogP) is 3.49. The average Bonchev–Trinajstić information content (AvgIpc) is 2.62. The van der Waals surface area contributed by atoms with E-state index in [1.54, 1.807) is 19.2 Å². The van der Waals surface area contributed by atoms with Gasteiger partial charge in [-0.15, -0.1) is 0 Å². The number of methoxy groups -OCH3 is 2. The van der Waals surface area contributed by atoms with E-state index in [2.05, 4.69) is 21.2 Å². The maximum absolute atomic E-state index is 12.8. The van der Waals surface area contributed by atoms with Gasteiger partial charge < -0.3 is 19.7 Å². The van der Waals surface area contributed by atoms with Gasteiger partial charge in [-0.25, -0.2) is 0 Å². The SMILES string of the molecule is COc1cc(Br)c(OC)c(C(=O)N(C)CC(=O)Nc2ccc(C)cc2)c1. The van der Waals surface area contributed by atoms with Crippen LogP contribution in [0, 0.1) is 6.92 Å². The summed E-state index contributed by atoms with van der Waals surface area (Å²) in [7, 11) is 4.55. The third kappa shape index (κ3) is 4.76. The van der Waals surface area contributed by atoms with Gasteiger partial charge in [0.15, 0.2) is 0 Å². The summed E-state index contributed by atoms with van der Waals surface area (Å²) in [5.41, 5.74) is 2.10. The molecule has 0 saturated carbocycles. The minimum Gasteiger partial charge on any atom is -0.497 e. The Kier molecular flexibility index (Phi) is 6.63. The monoisotopic (exact) mass is 420 g/mol. The van der Waals surface area contributed by atoms with Crippen LogP contribution in [0.25, 0.3) is 0 Å². The van der Waals surface area contributed by atoms with Crippen molar-refractivity contribution in [2.24, 2.45) is 0 Å². The summed E-state index contributed by atoms with van der Waals surface area (Å²) in [6.45, 7) is 1.88. The highest BCUT2D eigenvalue weighted by atomic mass is 79.9. The number of carbonyl (C=O) groups is 2. The predicted molar refractivity (Wildman–Crippen MR) is 104 cm³/mol. The van der Waals surface area contributed by atoms with E-state index in [1.807, 2.05) is 31.2 Å². The highest BCUT2D eigenvalue weighted by molar-refractivity contribution is 9.10. The lowest BCUT2D eigenvalue weighted by Crippen LogP contribution is -2.35. The molecule has 6 nitrogen and oxygen atoms in total. The Bertz CT molecular complexity index is 806. The molecule has 2 rings (SSSR count). The van der Waals surface area contributed by atoms with E-state index in [-0.39, 0.29) is 18.4 Å². The number of nitrogens with zero attached hydrogens (tertiary/aromatic N) is 1. The third-order valence-corrected chi connectivity index (χ3v) is 4.34. The molecule has 0 spiro atoms. The molecule has 2 aromatic carbocycles. The van der Waals surface area contributed by atoms with Gasteiger partial charge in [-0.2, -0.15) is 0 Å². The highest BCUT2D eigenvalue weighted by Crippen LogP contribution is 2.34. The van der Waals surface area contributed by atoms with Crippen molar-refractivity contribution < 1.29 is 19.1 Å². The van der Waals surface area contributed by atoms with Crippen molar-refractivity contribution in [3.8, 4) is 11.5 Å². The van der Waals surface area contributed by atoms with Crippen LogP contribution in [-0.2, 0) is 4.79 Å². The van der Waals surface area contributed by atoms with Gasteiger partial charge in [0.1, 0.15) is 11.5 Å². The zero-order chi connectivity index (χ0) is 19.3. The molecule has 0 radical (unpaired) electrons. The first kappa shape index (κ1) is 19.8. The van der Waals surface area contributed by atoms with Gasteiger partial charge >= 0.3 is 0 Å². The Labute approximate surface area is 161 Å². The summed E-state index contributed by atoms with van der Waals surface area (Å²) in [4.78, 5) is 26.3. The van der Waals surface area contributed by atoms with Gasteiger partial charge in [0.05, 0.1) is 30.8 Å². The van der Waals surface area contributed by atoms with E-state index in [1.165, 1.54) is 19.1 Å². The van der Waals surface area contributed by atoms with Crippen molar-refractivity contribution in [2.45, 2.75) is 6.92 Å². The van der Waals surface area contributed by atoms with Crippen LogP contribution in [0.2, 0.25) is 0 Å². The molecule has 1 N–H and O–H groups in total. The fraction of sp³-hybridized carbons (Fsp3) is 0.263. The molecule has 26 heavy (non-hydrogen) atoms. The zero-order valence-corrected chi connectivity index (χ0v) is 16.7. The first-order chi connectivity index (χ1) is 12.3. The average molecular weight is 421 g/mol. The van der Waals surface area contributed by atoms with Gasteiger partial charge in [0.2, 0.25) is 5.91 Å². The largest absolute Gasteiger partial charge is 0.497 e. The summed E-state index contributed by atoms with van der Waals surface area (Å²) in [5.74, 6) is 0.270. The lowest BCUT2D eigenvalue weighted by Gasteiger charge is -2.19. The van der Waals surface area contributed by atoms with Gasteiger partial charge in [-0.3, -0.25) is 9.59 Å². The molecule has 7 heteroatoms. The van der Waals surface area contributed by atoms with Crippen molar-refractivity contribution >= 4 is 33.4 Å². The van der Waals surface area contributed by atoms with E-state index < -0.39 is 0 Å². The molecular formula is C19H21BrN2O4. The standard InChI is InChI=1S/C19H21BrN2O4/c1-12-5-7-13(8-6-12)21-17(23)11-22(2)19(24)15-9-14(25-3)10-16(20)18(15)26-4/h5-10H,11H2,1-4H3,(H,21,23). The summed E-state index contributed by atoms with van der Waals surface area (Å²) < 4.78 is 11.1. The van der Waals surface area contributed by atoms with Crippen molar-refractivity contribution in [3.05, 3.63) is 52.0 Å². The fourth-order valence-corrected chi connectivity index (χ4v) is 2.98. The van der Waals surface area contributed by atoms with Crippen molar-refractivity contribution in [1.29, 1.82) is 0 Å². The molecular weight excluding hydrogens is 400 g/mol. The number of hydrogen-bond acceptors (Lipinski definition) is 4. The molecule has 0 bridgehead atoms. The Morgan fingerprint density at radius 2 is 1.77 bits per heavy atom. The molecule has 0 fully saturated rings. The maximum Gasteiger partial charge on any atom is 0.258 e. The molecule has 0 saturated heterocycles. The van der Waals surface area contributed by atoms with Crippen LogP contribution in [0.15, 0.2) is 40.9 Å². The number of ether oxygens (including phenoxy) is 2. The van der Waals surface area contributed by atoms with Crippen LogP contribution >= 0.6 is 15.9 Å². The van der Waals surface area contributed by atoms with Crippen molar-refractivity contribution in [1.82, 2.24) is 4.90 Å². The molecule has 0 aliphatic rings. The summed E-state index contributed by atoms with van der Waals surface area (Å²) in [5, 5.41) is 2.77. The number of amides is 2. The van der Waals surface area contributed by atoms with Crippen LogP contribution in [0.1, 0.15) is 15.9 Å². The van der Waals surface area contributed by atoms with Gasteiger partial charge in [-0.05, 0) is 47.1 Å². The first-order valence-corrected chi connectivity index (χ1v) is 8.68. The van der Waals surface area contributed by atoms with Gasteiger partial charge in [0.25, 0.3) is 5.91 Å². The molecule has 0 aliphatic carbocycles. The minimum atomic E-state index is -0.347. The van der Waals surface area contributed by atoms with Crippen LogP contribution in [0.5, 0.6) is 11.5 Å². The highest BCUT2D eigenvalue weighted by Gasteiger charge is 2.22. The van der Waals surface area contributed by atoms with Gasteiger partial charge in [0, 0.05) is 12.7 Å². The van der Waals surface area contributed by atoms with E-state index >= 15 is 0 Å².